The highest BCUT2D eigenvalue weighted by molar-refractivity contribution is 5.87. The van der Waals surface area contributed by atoms with Crippen molar-refractivity contribution >= 4 is 11.8 Å². The van der Waals surface area contributed by atoms with Crippen LogP contribution in [0.15, 0.2) is 36.8 Å². The van der Waals surface area contributed by atoms with E-state index in [1.807, 2.05) is 31.0 Å². The zero-order chi connectivity index (χ0) is 13.8. The predicted molar refractivity (Wildman–Crippen MR) is 72.3 cm³/mol. The molecule has 0 spiro atoms. The highest BCUT2D eigenvalue weighted by Crippen LogP contribution is 2.18. The number of rotatable bonds is 4. The monoisotopic (exact) mass is 257 g/mol. The molecule has 0 aliphatic heterocycles. The van der Waals surface area contributed by atoms with E-state index in [-0.39, 0.29) is 5.56 Å². The van der Waals surface area contributed by atoms with Gasteiger partial charge in [-0.25, -0.2) is 9.78 Å². The molecule has 2 aromatic heterocycles. The lowest BCUT2D eigenvalue weighted by molar-refractivity contribution is 0.0696. The predicted octanol–water partition coefficient (Wildman–Crippen LogP) is 2.12. The second kappa shape index (κ2) is 5.48. The van der Waals surface area contributed by atoms with Crippen molar-refractivity contribution in [2.75, 3.05) is 11.9 Å². The first-order valence-electron chi connectivity index (χ1n) is 5.88. The van der Waals surface area contributed by atoms with E-state index in [1.165, 1.54) is 6.20 Å². The Morgan fingerprint density at radius 1 is 1.42 bits per heavy atom. The molecule has 5 heteroatoms. The van der Waals surface area contributed by atoms with Crippen LogP contribution in [0.25, 0.3) is 0 Å². The maximum atomic E-state index is 10.9. The number of carboxylic acids is 1. The molecule has 0 saturated carbocycles. The minimum absolute atomic E-state index is 0.205. The molecule has 0 aliphatic carbocycles. The van der Waals surface area contributed by atoms with Gasteiger partial charge in [-0.15, -0.1) is 0 Å². The second-order valence-corrected chi connectivity index (χ2v) is 4.39. The Labute approximate surface area is 111 Å². The van der Waals surface area contributed by atoms with Crippen molar-refractivity contribution in [1.82, 2.24) is 9.97 Å². The van der Waals surface area contributed by atoms with E-state index in [4.69, 9.17) is 5.11 Å². The smallest absolute Gasteiger partial charge is 0.337 e. The first kappa shape index (κ1) is 13.0. The zero-order valence-electron chi connectivity index (χ0n) is 10.9. The first-order chi connectivity index (χ1) is 9.08. The topological polar surface area (TPSA) is 66.3 Å². The third-order valence-electron chi connectivity index (χ3n) is 2.80. The lowest BCUT2D eigenvalue weighted by Crippen LogP contribution is -2.19. The van der Waals surface area contributed by atoms with E-state index in [2.05, 4.69) is 9.97 Å². The number of aromatic carboxylic acids is 1. The van der Waals surface area contributed by atoms with Gasteiger partial charge in [0.25, 0.3) is 0 Å². The fourth-order valence-corrected chi connectivity index (χ4v) is 1.92. The van der Waals surface area contributed by atoms with Gasteiger partial charge in [-0.1, -0.05) is 6.07 Å². The van der Waals surface area contributed by atoms with Crippen LogP contribution in [-0.4, -0.2) is 28.1 Å². The van der Waals surface area contributed by atoms with E-state index >= 15 is 0 Å². The largest absolute Gasteiger partial charge is 0.478 e. The van der Waals surface area contributed by atoms with Gasteiger partial charge in [-0.05, 0) is 30.2 Å². The van der Waals surface area contributed by atoms with Crippen molar-refractivity contribution in [1.29, 1.82) is 0 Å². The lowest BCUT2D eigenvalue weighted by atomic mass is 10.2. The molecule has 0 radical (unpaired) electrons. The van der Waals surface area contributed by atoms with Gasteiger partial charge >= 0.3 is 5.97 Å². The molecule has 5 nitrogen and oxygen atoms in total. The fourth-order valence-electron chi connectivity index (χ4n) is 1.92. The molecule has 0 unspecified atom stereocenters. The normalized spacial score (nSPS) is 10.2. The molecule has 0 atom stereocenters. The van der Waals surface area contributed by atoms with Crippen molar-refractivity contribution in [3.8, 4) is 0 Å². The summed E-state index contributed by atoms with van der Waals surface area (Å²) in [6.07, 6.45) is 4.91. The summed E-state index contributed by atoms with van der Waals surface area (Å²) in [5.41, 5.74) is 2.12. The van der Waals surface area contributed by atoms with Gasteiger partial charge in [0.15, 0.2) is 0 Å². The van der Waals surface area contributed by atoms with E-state index in [1.54, 1.807) is 18.5 Å². The summed E-state index contributed by atoms with van der Waals surface area (Å²) in [5, 5.41) is 8.91. The molecule has 0 aromatic carbocycles. The standard InChI is InChI=1S/C14H15N3O2/c1-10-6-12(14(18)19)8-16-13(10)17(2)9-11-4-3-5-15-7-11/h3-8H,9H2,1-2H3,(H,18,19). The van der Waals surface area contributed by atoms with Gasteiger partial charge in [-0.2, -0.15) is 0 Å². The summed E-state index contributed by atoms with van der Waals surface area (Å²) in [6.45, 7) is 2.53. The number of hydrogen-bond acceptors (Lipinski definition) is 4. The molecule has 98 valence electrons. The fraction of sp³-hybridized carbons (Fsp3) is 0.214. The molecule has 0 bridgehead atoms. The molecular formula is C14H15N3O2. The number of hydrogen-bond donors (Lipinski definition) is 1. The van der Waals surface area contributed by atoms with E-state index in [0.717, 1.165) is 16.9 Å². The van der Waals surface area contributed by atoms with Gasteiger partial charge < -0.3 is 10.0 Å². The Hall–Kier alpha value is -2.43. The molecule has 2 rings (SSSR count). The van der Waals surface area contributed by atoms with Crippen LogP contribution in [0, 0.1) is 6.92 Å². The maximum absolute atomic E-state index is 10.9. The third-order valence-corrected chi connectivity index (χ3v) is 2.80. The number of carbonyl (C=O) groups is 1. The number of nitrogens with zero attached hydrogens (tertiary/aromatic N) is 3. The summed E-state index contributed by atoms with van der Waals surface area (Å²) in [6, 6.07) is 5.51. The highest BCUT2D eigenvalue weighted by Gasteiger charge is 2.10. The summed E-state index contributed by atoms with van der Waals surface area (Å²) >= 11 is 0. The van der Waals surface area contributed by atoms with E-state index in [9.17, 15) is 4.79 Å². The second-order valence-electron chi connectivity index (χ2n) is 4.39. The molecule has 2 aromatic rings. The molecule has 0 amide bonds. The van der Waals surface area contributed by atoms with Crippen LogP contribution in [-0.2, 0) is 6.54 Å². The average Bonchev–Trinajstić information content (AvgIpc) is 2.39. The number of carboxylic acid groups (broad SMARTS) is 1. The zero-order valence-corrected chi connectivity index (χ0v) is 10.9. The number of aryl methyl sites for hydroxylation is 1. The van der Waals surface area contributed by atoms with Crippen molar-refractivity contribution in [2.45, 2.75) is 13.5 Å². The lowest BCUT2D eigenvalue weighted by Gasteiger charge is -2.20. The Balaban J connectivity index is 2.20. The summed E-state index contributed by atoms with van der Waals surface area (Å²) in [5.74, 6) is -0.189. The Morgan fingerprint density at radius 3 is 2.79 bits per heavy atom. The summed E-state index contributed by atoms with van der Waals surface area (Å²) in [4.78, 5) is 21.1. The maximum Gasteiger partial charge on any atom is 0.337 e. The summed E-state index contributed by atoms with van der Waals surface area (Å²) in [7, 11) is 1.92. The molecule has 0 aliphatic rings. The molecular weight excluding hydrogens is 242 g/mol. The molecule has 0 saturated heterocycles. The van der Waals surface area contributed by atoms with Crippen molar-refractivity contribution < 1.29 is 9.90 Å². The quantitative estimate of drug-likeness (QED) is 0.908. The minimum Gasteiger partial charge on any atom is -0.478 e. The third kappa shape index (κ3) is 3.07. The molecule has 0 fully saturated rings. The Morgan fingerprint density at radius 2 is 2.21 bits per heavy atom. The molecule has 2 heterocycles. The van der Waals surface area contributed by atoms with Crippen molar-refractivity contribution in [3.05, 3.63) is 53.5 Å². The van der Waals surface area contributed by atoms with Crippen LogP contribution >= 0.6 is 0 Å². The van der Waals surface area contributed by atoms with Crippen LogP contribution < -0.4 is 4.90 Å². The SMILES string of the molecule is Cc1cc(C(=O)O)cnc1N(C)Cc1cccnc1. The van der Waals surface area contributed by atoms with Crippen LogP contribution in [0.4, 0.5) is 5.82 Å². The Kier molecular flexibility index (Phi) is 3.75. The van der Waals surface area contributed by atoms with Crippen molar-refractivity contribution in [2.24, 2.45) is 0 Å². The van der Waals surface area contributed by atoms with Gasteiger partial charge in [0.1, 0.15) is 5.82 Å². The number of aromatic nitrogens is 2. The van der Waals surface area contributed by atoms with Crippen molar-refractivity contribution in [3.63, 3.8) is 0 Å². The van der Waals surface area contributed by atoms with Crippen LogP contribution in [0.5, 0.6) is 0 Å². The van der Waals surface area contributed by atoms with Gasteiger partial charge in [0, 0.05) is 32.2 Å². The van der Waals surface area contributed by atoms with E-state index in [0.29, 0.717) is 6.54 Å². The highest BCUT2D eigenvalue weighted by atomic mass is 16.4. The molecule has 19 heavy (non-hydrogen) atoms. The molecule has 1 N–H and O–H groups in total. The number of anilines is 1. The van der Waals surface area contributed by atoms with Crippen LogP contribution in [0.1, 0.15) is 21.5 Å². The minimum atomic E-state index is -0.961. The van der Waals surface area contributed by atoms with Crippen LogP contribution in [0.2, 0.25) is 0 Å². The Bertz CT molecular complexity index is 584. The first-order valence-corrected chi connectivity index (χ1v) is 5.88. The van der Waals surface area contributed by atoms with Gasteiger partial charge in [0.05, 0.1) is 5.56 Å². The van der Waals surface area contributed by atoms with Crippen LogP contribution in [0.3, 0.4) is 0 Å². The van der Waals surface area contributed by atoms with Gasteiger partial charge in [-0.3, -0.25) is 4.98 Å². The van der Waals surface area contributed by atoms with E-state index < -0.39 is 5.97 Å². The number of pyridine rings is 2. The average molecular weight is 257 g/mol. The van der Waals surface area contributed by atoms with Gasteiger partial charge in [0.2, 0.25) is 0 Å². The summed E-state index contributed by atoms with van der Waals surface area (Å²) < 4.78 is 0.